The molecule has 1 heterocycles. The van der Waals surface area contributed by atoms with Crippen LogP contribution in [-0.4, -0.2) is 60.7 Å². The van der Waals surface area contributed by atoms with Gasteiger partial charge in [-0.1, -0.05) is 6.07 Å². The van der Waals surface area contributed by atoms with Gasteiger partial charge in [0.2, 0.25) is 5.78 Å². The average Bonchev–Trinajstić information content (AvgIpc) is 3.11. The van der Waals surface area contributed by atoms with Gasteiger partial charge in [-0.25, -0.2) is 4.79 Å². The molecule has 34 heavy (non-hydrogen) atoms. The van der Waals surface area contributed by atoms with E-state index in [-0.39, 0.29) is 23.0 Å². The van der Waals surface area contributed by atoms with Crippen LogP contribution in [0.3, 0.4) is 0 Å². The molecule has 0 bridgehead atoms. The van der Waals surface area contributed by atoms with Crippen LogP contribution in [0.4, 0.5) is 0 Å². The van der Waals surface area contributed by atoms with Gasteiger partial charge in [0.1, 0.15) is 17.5 Å². The number of hydrogen-bond acceptors (Lipinski definition) is 8. The predicted octanol–water partition coefficient (Wildman–Crippen LogP) is 1.74. The van der Waals surface area contributed by atoms with Crippen LogP contribution in [0.5, 0.6) is 23.0 Å². The number of ether oxygens (including phenoxy) is 4. The molecule has 0 saturated heterocycles. The first-order valence-electron chi connectivity index (χ1n) is 9.89. The minimum absolute atomic E-state index is 0.0788. The molecular formula is C23H21NO10. The SMILES string of the molecule is COc1ccc(C=C2Oc3cc(OCC(=O)NC(CC(=O)O)C(=O)O)ccc3C2=O)cc1OC. The Labute approximate surface area is 193 Å². The molecule has 0 aromatic heterocycles. The molecule has 0 spiro atoms. The molecule has 1 unspecified atom stereocenters. The van der Waals surface area contributed by atoms with E-state index in [4.69, 9.17) is 29.2 Å². The summed E-state index contributed by atoms with van der Waals surface area (Å²) in [5.74, 6) is -2.48. The third-order valence-electron chi connectivity index (χ3n) is 4.73. The molecule has 1 atom stereocenters. The van der Waals surface area contributed by atoms with Crippen molar-refractivity contribution >= 4 is 29.7 Å². The van der Waals surface area contributed by atoms with Crippen molar-refractivity contribution in [2.24, 2.45) is 0 Å². The van der Waals surface area contributed by atoms with E-state index in [1.165, 1.54) is 32.4 Å². The summed E-state index contributed by atoms with van der Waals surface area (Å²) in [6, 6.07) is 7.88. The van der Waals surface area contributed by atoms with E-state index in [1.807, 2.05) is 0 Å². The number of carboxylic acids is 2. The molecule has 1 amide bonds. The number of allylic oxidation sites excluding steroid dienone is 1. The first-order valence-corrected chi connectivity index (χ1v) is 9.89. The van der Waals surface area contributed by atoms with Crippen LogP contribution in [-0.2, 0) is 14.4 Å². The van der Waals surface area contributed by atoms with Gasteiger partial charge in [-0.15, -0.1) is 0 Å². The summed E-state index contributed by atoms with van der Waals surface area (Å²) in [6.07, 6.45) is 0.776. The molecule has 0 aliphatic carbocycles. The number of aliphatic carboxylic acids is 2. The third kappa shape index (κ3) is 5.63. The Morgan fingerprint density at radius 2 is 1.79 bits per heavy atom. The molecule has 3 rings (SSSR count). The molecule has 2 aromatic carbocycles. The monoisotopic (exact) mass is 471 g/mol. The molecule has 0 saturated carbocycles. The summed E-state index contributed by atoms with van der Waals surface area (Å²) in [6.45, 7) is -0.565. The fraction of sp³-hybridized carbons (Fsp3) is 0.217. The maximum absolute atomic E-state index is 12.7. The lowest BCUT2D eigenvalue weighted by atomic mass is 10.1. The van der Waals surface area contributed by atoms with Crippen LogP contribution in [0.2, 0.25) is 0 Å². The Kier molecular flexibility index (Phi) is 7.36. The molecule has 2 aromatic rings. The zero-order valence-electron chi connectivity index (χ0n) is 18.2. The Morgan fingerprint density at radius 1 is 1.06 bits per heavy atom. The fourth-order valence-electron chi connectivity index (χ4n) is 3.11. The number of benzene rings is 2. The second-order valence-corrected chi connectivity index (χ2v) is 7.06. The van der Waals surface area contributed by atoms with Crippen molar-refractivity contribution < 1.29 is 48.3 Å². The average molecular weight is 471 g/mol. The summed E-state index contributed by atoms with van der Waals surface area (Å²) >= 11 is 0. The smallest absolute Gasteiger partial charge is 0.326 e. The van der Waals surface area contributed by atoms with Gasteiger partial charge in [-0.05, 0) is 35.9 Å². The molecule has 11 heteroatoms. The van der Waals surface area contributed by atoms with E-state index in [0.29, 0.717) is 22.6 Å². The van der Waals surface area contributed by atoms with Crippen molar-refractivity contribution in [3.05, 3.63) is 53.3 Å². The Bertz CT molecular complexity index is 1170. The molecular weight excluding hydrogens is 450 g/mol. The van der Waals surface area contributed by atoms with Crippen molar-refractivity contribution in [3.63, 3.8) is 0 Å². The summed E-state index contributed by atoms with van der Waals surface area (Å²) in [4.78, 5) is 46.4. The van der Waals surface area contributed by atoms with Gasteiger partial charge in [0.15, 0.2) is 23.9 Å². The molecule has 3 N–H and O–H groups in total. The summed E-state index contributed by atoms with van der Waals surface area (Å²) in [7, 11) is 3.01. The normalized spacial score (nSPS) is 14.1. The van der Waals surface area contributed by atoms with Gasteiger partial charge in [0.25, 0.3) is 5.91 Å². The van der Waals surface area contributed by atoms with Crippen LogP contribution >= 0.6 is 0 Å². The standard InChI is InChI=1S/C23H21NO10/c1-31-16-6-3-12(7-18(16)32-2)8-19-22(28)14-5-4-13(9-17(14)34-19)33-11-20(25)24-15(23(29)30)10-21(26)27/h3-9,15H,10-11H2,1-2H3,(H,24,25)(H,26,27)(H,29,30). The van der Waals surface area contributed by atoms with Crippen molar-refractivity contribution in [2.45, 2.75) is 12.5 Å². The highest BCUT2D eigenvalue weighted by Crippen LogP contribution is 2.36. The number of hydrogen-bond donors (Lipinski definition) is 3. The highest BCUT2D eigenvalue weighted by atomic mass is 16.5. The summed E-state index contributed by atoms with van der Waals surface area (Å²) in [5.41, 5.74) is 0.951. The van der Waals surface area contributed by atoms with Crippen molar-refractivity contribution in [2.75, 3.05) is 20.8 Å². The Morgan fingerprint density at radius 3 is 2.44 bits per heavy atom. The van der Waals surface area contributed by atoms with Crippen molar-refractivity contribution in [1.29, 1.82) is 0 Å². The number of ketones is 1. The minimum atomic E-state index is -1.58. The number of fused-ring (bicyclic) bond motifs is 1. The number of methoxy groups -OCH3 is 2. The highest BCUT2D eigenvalue weighted by Gasteiger charge is 2.28. The Hall–Kier alpha value is -4.54. The van der Waals surface area contributed by atoms with E-state index in [2.05, 4.69) is 5.32 Å². The van der Waals surface area contributed by atoms with Crippen molar-refractivity contribution in [3.8, 4) is 23.0 Å². The molecule has 1 aliphatic rings. The van der Waals surface area contributed by atoms with E-state index in [0.717, 1.165) is 0 Å². The van der Waals surface area contributed by atoms with Gasteiger partial charge in [0, 0.05) is 6.07 Å². The molecule has 0 fully saturated rings. The number of carbonyl (C=O) groups excluding carboxylic acids is 2. The van der Waals surface area contributed by atoms with Gasteiger partial charge in [0.05, 0.1) is 26.2 Å². The molecule has 0 radical (unpaired) electrons. The van der Waals surface area contributed by atoms with Gasteiger partial charge in [-0.2, -0.15) is 0 Å². The topological polar surface area (TPSA) is 158 Å². The van der Waals surface area contributed by atoms with Crippen LogP contribution in [0.1, 0.15) is 22.3 Å². The first-order chi connectivity index (χ1) is 16.2. The maximum Gasteiger partial charge on any atom is 0.326 e. The minimum Gasteiger partial charge on any atom is -0.493 e. The first kappa shape index (κ1) is 24.1. The predicted molar refractivity (Wildman–Crippen MR) is 116 cm³/mol. The van der Waals surface area contributed by atoms with E-state index < -0.39 is 36.9 Å². The lowest BCUT2D eigenvalue weighted by molar-refractivity contribution is -0.147. The van der Waals surface area contributed by atoms with Crippen LogP contribution in [0.15, 0.2) is 42.2 Å². The molecule has 11 nitrogen and oxygen atoms in total. The highest BCUT2D eigenvalue weighted by molar-refractivity contribution is 6.14. The van der Waals surface area contributed by atoms with E-state index >= 15 is 0 Å². The second-order valence-electron chi connectivity index (χ2n) is 7.06. The molecule has 178 valence electrons. The lowest BCUT2D eigenvalue weighted by Gasteiger charge is -2.13. The van der Waals surface area contributed by atoms with Crippen molar-refractivity contribution in [1.82, 2.24) is 5.32 Å². The number of amides is 1. The maximum atomic E-state index is 12.7. The third-order valence-corrected chi connectivity index (χ3v) is 4.73. The van der Waals surface area contributed by atoms with Gasteiger partial charge >= 0.3 is 11.9 Å². The summed E-state index contributed by atoms with van der Waals surface area (Å²) < 4.78 is 21.4. The quantitative estimate of drug-likeness (QED) is 0.436. The zero-order chi connectivity index (χ0) is 24.8. The molecule has 1 aliphatic heterocycles. The lowest BCUT2D eigenvalue weighted by Crippen LogP contribution is -2.44. The number of carboxylic acid groups (broad SMARTS) is 2. The fourth-order valence-corrected chi connectivity index (χ4v) is 3.11. The van der Waals surface area contributed by atoms with Gasteiger partial charge < -0.3 is 34.5 Å². The van der Waals surface area contributed by atoms with Gasteiger partial charge in [-0.3, -0.25) is 14.4 Å². The van der Waals surface area contributed by atoms with Crippen LogP contribution in [0.25, 0.3) is 6.08 Å². The Balaban J connectivity index is 1.67. The van der Waals surface area contributed by atoms with Crippen LogP contribution < -0.4 is 24.3 Å². The zero-order valence-corrected chi connectivity index (χ0v) is 18.2. The number of carbonyl (C=O) groups is 4. The van der Waals surface area contributed by atoms with Crippen LogP contribution in [0, 0.1) is 0 Å². The largest absolute Gasteiger partial charge is 0.493 e. The summed E-state index contributed by atoms with van der Waals surface area (Å²) in [5, 5.41) is 19.8. The number of rotatable bonds is 10. The second kappa shape index (κ2) is 10.4. The number of Topliss-reactive ketones (excluding diaryl/α,β-unsaturated/α-hetero) is 1. The number of nitrogens with one attached hydrogen (secondary N) is 1. The van der Waals surface area contributed by atoms with E-state index in [1.54, 1.807) is 24.3 Å². The van der Waals surface area contributed by atoms with E-state index in [9.17, 15) is 19.2 Å².